The summed E-state index contributed by atoms with van der Waals surface area (Å²) in [5, 5.41) is 4.67. The van der Waals surface area contributed by atoms with E-state index < -0.39 is 23.6 Å². The number of carbonyl (C=O) groups excluding carboxylic acids is 2. The second-order valence-corrected chi connectivity index (χ2v) is 5.73. The number of anilines is 1. The molecule has 2 aromatic rings. The standard InChI is InChI=1S/C17H17F2N3O3/c18-12-7-11-3-1-5-22(16(11)14(19)8-12)10-15(23)21-17(24)20-9-13-4-2-6-25-13/h2,4,6-8H,1,3,5,9-10H2,(H2,20,21,23,24). The predicted octanol–water partition coefficient (Wildman–Crippen LogP) is 2.34. The Balaban J connectivity index is 1.58. The fraction of sp³-hybridized carbons (Fsp3) is 0.294. The smallest absolute Gasteiger partial charge is 0.321 e. The maximum absolute atomic E-state index is 14.1. The van der Waals surface area contributed by atoms with Crippen LogP contribution in [0.4, 0.5) is 19.3 Å². The van der Waals surface area contributed by atoms with E-state index in [0.717, 1.165) is 6.07 Å². The molecule has 0 atom stereocenters. The van der Waals surface area contributed by atoms with Gasteiger partial charge in [-0.3, -0.25) is 10.1 Å². The first-order chi connectivity index (χ1) is 12.0. The van der Waals surface area contributed by atoms with Crippen LogP contribution in [0.2, 0.25) is 0 Å². The van der Waals surface area contributed by atoms with Crippen molar-refractivity contribution in [3.8, 4) is 0 Å². The van der Waals surface area contributed by atoms with Gasteiger partial charge in [-0.05, 0) is 36.6 Å². The molecular formula is C17H17F2N3O3. The maximum atomic E-state index is 14.1. The van der Waals surface area contributed by atoms with Gasteiger partial charge in [0.15, 0.2) is 0 Å². The molecule has 1 aromatic carbocycles. The second-order valence-electron chi connectivity index (χ2n) is 5.73. The van der Waals surface area contributed by atoms with Crippen molar-refractivity contribution in [1.82, 2.24) is 10.6 Å². The molecular weight excluding hydrogens is 332 g/mol. The molecule has 0 unspecified atom stereocenters. The summed E-state index contributed by atoms with van der Waals surface area (Å²) in [6.45, 7) is 0.410. The van der Waals surface area contributed by atoms with E-state index in [1.54, 1.807) is 12.1 Å². The van der Waals surface area contributed by atoms with Crippen molar-refractivity contribution in [2.45, 2.75) is 19.4 Å². The van der Waals surface area contributed by atoms with Crippen molar-refractivity contribution in [2.75, 3.05) is 18.0 Å². The molecule has 1 aromatic heterocycles. The Morgan fingerprint density at radius 1 is 1.28 bits per heavy atom. The first kappa shape index (κ1) is 16.9. The Labute approximate surface area is 142 Å². The van der Waals surface area contributed by atoms with E-state index in [0.29, 0.717) is 30.7 Å². The highest BCUT2D eigenvalue weighted by molar-refractivity contribution is 5.96. The van der Waals surface area contributed by atoms with Crippen molar-refractivity contribution in [2.24, 2.45) is 0 Å². The zero-order chi connectivity index (χ0) is 17.8. The fourth-order valence-electron chi connectivity index (χ4n) is 2.86. The summed E-state index contributed by atoms with van der Waals surface area (Å²) in [4.78, 5) is 25.3. The van der Waals surface area contributed by atoms with E-state index in [1.165, 1.54) is 17.2 Å². The van der Waals surface area contributed by atoms with E-state index in [9.17, 15) is 18.4 Å². The number of benzene rings is 1. The topological polar surface area (TPSA) is 74.6 Å². The van der Waals surface area contributed by atoms with Gasteiger partial charge in [0.25, 0.3) is 0 Å². The van der Waals surface area contributed by atoms with Crippen LogP contribution < -0.4 is 15.5 Å². The number of halogens is 2. The van der Waals surface area contributed by atoms with E-state index in [1.807, 2.05) is 0 Å². The predicted molar refractivity (Wildman–Crippen MR) is 86.0 cm³/mol. The first-order valence-corrected chi connectivity index (χ1v) is 7.86. The molecule has 1 aliphatic heterocycles. The number of aryl methyl sites for hydroxylation is 1. The van der Waals surface area contributed by atoms with Crippen LogP contribution in [0, 0.1) is 11.6 Å². The SMILES string of the molecule is O=C(CN1CCCc2cc(F)cc(F)c21)NC(=O)NCc1ccco1. The molecule has 25 heavy (non-hydrogen) atoms. The Kier molecular flexibility index (Phi) is 4.97. The average Bonchev–Trinajstić information content (AvgIpc) is 3.05. The van der Waals surface area contributed by atoms with E-state index in [2.05, 4.69) is 10.6 Å². The number of rotatable bonds is 4. The summed E-state index contributed by atoms with van der Waals surface area (Å²) in [7, 11) is 0. The number of furan rings is 1. The summed E-state index contributed by atoms with van der Waals surface area (Å²) < 4.78 is 32.5. The Bertz CT molecular complexity index is 778. The zero-order valence-corrected chi connectivity index (χ0v) is 13.4. The highest BCUT2D eigenvalue weighted by atomic mass is 19.1. The second kappa shape index (κ2) is 7.33. The van der Waals surface area contributed by atoms with E-state index >= 15 is 0 Å². The molecule has 0 fully saturated rings. The number of hydrogen-bond acceptors (Lipinski definition) is 4. The number of urea groups is 1. The van der Waals surface area contributed by atoms with Gasteiger partial charge in [0.1, 0.15) is 17.4 Å². The van der Waals surface area contributed by atoms with Crippen molar-refractivity contribution in [3.63, 3.8) is 0 Å². The molecule has 0 saturated heterocycles. The number of fused-ring (bicyclic) bond motifs is 1. The molecule has 8 heteroatoms. The van der Waals surface area contributed by atoms with Crippen LogP contribution >= 0.6 is 0 Å². The lowest BCUT2D eigenvalue weighted by atomic mass is 10.0. The van der Waals surface area contributed by atoms with Crippen LogP contribution in [0.15, 0.2) is 34.9 Å². The summed E-state index contributed by atoms with van der Waals surface area (Å²) >= 11 is 0. The number of nitrogens with one attached hydrogen (secondary N) is 2. The molecule has 3 amide bonds. The summed E-state index contributed by atoms with van der Waals surface area (Å²) in [5.41, 5.74) is 0.748. The first-order valence-electron chi connectivity index (χ1n) is 7.86. The Morgan fingerprint density at radius 2 is 2.12 bits per heavy atom. The van der Waals surface area contributed by atoms with Crippen molar-refractivity contribution < 1.29 is 22.8 Å². The minimum atomic E-state index is -0.704. The summed E-state index contributed by atoms with van der Waals surface area (Å²) in [5.74, 6) is -1.37. The highest BCUT2D eigenvalue weighted by Crippen LogP contribution is 2.30. The van der Waals surface area contributed by atoms with Crippen LogP contribution in [-0.2, 0) is 17.8 Å². The largest absolute Gasteiger partial charge is 0.467 e. The van der Waals surface area contributed by atoms with Crippen LogP contribution in [0.25, 0.3) is 0 Å². The third kappa shape index (κ3) is 4.14. The number of amides is 3. The summed E-state index contributed by atoms with van der Waals surface area (Å²) in [6, 6.07) is 4.78. The number of nitrogens with zero attached hydrogens (tertiary/aromatic N) is 1. The van der Waals surface area contributed by atoms with Crippen molar-refractivity contribution in [3.05, 3.63) is 53.5 Å². The lowest BCUT2D eigenvalue weighted by Gasteiger charge is -2.31. The van der Waals surface area contributed by atoms with E-state index in [-0.39, 0.29) is 18.8 Å². The van der Waals surface area contributed by atoms with Gasteiger partial charge in [-0.1, -0.05) is 0 Å². The molecule has 3 rings (SSSR count). The molecule has 2 heterocycles. The van der Waals surface area contributed by atoms with Crippen LogP contribution in [0.1, 0.15) is 17.7 Å². The van der Waals surface area contributed by atoms with Gasteiger partial charge in [0, 0.05) is 12.6 Å². The van der Waals surface area contributed by atoms with Crippen molar-refractivity contribution >= 4 is 17.6 Å². The van der Waals surface area contributed by atoms with Crippen LogP contribution in [0.3, 0.4) is 0 Å². The lowest BCUT2D eigenvalue weighted by molar-refractivity contribution is -0.118. The molecule has 0 spiro atoms. The third-order valence-electron chi connectivity index (χ3n) is 3.89. The molecule has 2 N–H and O–H groups in total. The molecule has 132 valence electrons. The fourth-order valence-corrected chi connectivity index (χ4v) is 2.86. The lowest BCUT2D eigenvalue weighted by Crippen LogP contribution is -2.45. The van der Waals surface area contributed by atoms with Crippen LogP contribution in [0.5, 0.6) is 0 Å². The molecule has 6 nitrogen and oxygen atoms in total. The number of imide groups is 1. The van der Waals surface area contributed by atoms with Gasteiger partial charge in [0.2, 0.25) is 5.91 Å². The van der Waals surface area contributed by atoms with Gasteiger partial charge in [0.05, 0.1) is 25.0 Å². The van der Waals surface area contributed by atoms with Crippen LogP contribution in [-0.4, -0.2) is 25.0 Å². The number of carbonyl (C=O) groups is 2. The molecule has 1 aliphatic rings. The van der Waals surface area contributed by atoms with Gasteiger partial charge < -0.3 is 14.6 Å². The van der Waals surface area contributed by atoms with Gasteiger partial charge in [-0.25, -0.2) is 13.6 Å². The van der Waals surface area contributed by atoms with Crippen molar-refractivity contribution in [1.29, 1.82) is 0 Å². The molecule has 0 saturated carbocycles. The number of hydrogen-bond donors (Lipinski definition) is 2. The molecule has 0 bridgehead atoms. The van der Waals surface area contributed by atoms with E-state index in [4.69, 9.17) is 4.42 Å². The third-order valence-corrected chi connectivity index (χ3v) is 3.89. The molecule has 0 radical (unpaired) electrons. The normalized spacial score (nSPS) is 13.3. The zero-order valence-electron chi connectivity index (χ0n) is 13.4. The van der Waals surface area contributed by atoms with Gasteiger partial charge >= 0.3 is 6.03 Å². The molecule has 0 aliphatic carbocycles. The minimum Gasteiger partial charge on any atom is -0.467 e. The summed E-state index contributed by atoms with van der Waals surface area (Å²) in [6.07, 6.45) is 2.70. The average molecular weight is 349 g/mol. The Morgan fingerprint density at radius 3 is 2.88 bits per heavy atom. The minimum absolute atomic E-state index is 0.145. The highest BCUT2D eigenvalue weighted by Gasteiger charge is 2.24. The van der Waals surface area contributed by atoms with Gasteiger partial charge in [-0.15, -0.1) is 0 Å². The monoisotopic (exact) mass is 349 g/mol. The van der Waals surface area contributed by atoms with Gasteiger partial charge in [-0.2, -0.15) is 0 Å². The Hall–Kier alpha value is -2.90. The maximum Gasteiger partial charge on any atom is 0.321 e. The quantitative estimate of drug-likeness (QED) is 0.888.